The topological polar surface area (TPSA) is 56.7 Å². The first-order valence-electron chi connectivity index (χ1n) is 5.52. The van der Waals surface area contributed by atoms with Gasteiger partial charge in [0.05, 0.1) is 5.69 Å². The van der Waals surface area contributed by atoms with Gasteiger partial charge in [-0.1, -0.05) is 0 Å². The minimum atomic E-state index is 0.651. The van der Waals surface area contributed by atoms with Crippen LogP contribution in [0.4, 0.5) is 0 Å². The van der Waals surface area contributed by atoms with Crippen LogP contribution in [0.5, 0.6) is 0 Å². The predicted molar refractivity (Wildman–Crippen MR) is 63.9 cm³/mol. The summed E-state index contributed by atoms with van der Waals surface area (Å²) in [6.45, 7) is 3.60. The standard InChI is InChI=1S/C12H16N4/c1-2-16-11(5-6-13)8-12(15-16)10-4-3-7-14-9-10/h3-4,7-9H,2,5-6,13H2,1H3. The Morgan fingerprint density at radius 3 is 2.94 bits per heavy atom. The molecule has 2 rings (SSSR count). The molecule has 0 fully saturated rings. The maximum Gasteiger partial charge on any atom is 0.0941 e. The van der Waals surface area contributed by atoms with Crippen molar-refractivity contribution in [3.8, 4) is 11.3 Å². The van der Waals surface area contributed by atoms with Crippen LogP contribution >= 0.6 is 0 Å². The lowest BCUT2D eigenvalue weighted by Crippen LogP contribution is -2.08. The quantitative estimate of drug-likeness (QED) is 0.842. The van der Waals surface area contributed by atoms with Crippen molar-refractivity contribution in [3.05, 3.63) is 36.3 Å². The number of hydrogen-bond acceptors (Lipinski definition) is 3. The van der Waals surface area contributed by atoms with E-state index in [0.29, 0.717) is 6.54 Å². The van der Waals surface area contributed by atoms with Crippen LogP contribution < -0.4 is 5.73 Å². The fourth-order valence-electron chi connectivity index (χ4n) is 1.73. The SMILES string of the molecule is CCn1nc(-c2cccnc2)cc1CCN. The summed E-state index contributed by atoms with van der Waals surface area (Å²) < 4.78 is 2.00. The van der Waals surface area contributed by atoms with Gasteiger partial charge in [-0.25, -0.2) is 0 Å². The highest BCUT2D eigenvalue weighted by Crippen LogP contribution is 2.18. The zero-order valence-corrected chi connectivity index (χ0v) is 9.43. The zero-order valence-electron chi connectivity index (χ0n) is 9.43. The molecule has 0 amide bonds. The second kappa shape index (κ2) is 4.90. The molecule has 0 aromatic carbocycles. The van der Waals surface area contributed by atoms with E-state index in [1.54, 1.807) is 6.20 Å². The van der Waals surface area contributed by atoms with Gasteiger partial charge < -0.3 is 5.73 Å². The molecule has 2 N–H and O–H groups in total. The van der Waals surface area contributed by atoms with Crippen LogP contribution in [-0.4, -0.2) is 21.3 Å². The predicted octanol–water partition coefficient (Wildman–Crippen LogP) is 1.47. The van der Waals surface area contributed by atoms with E-state index in [4.69, 9.17) is 5.73 Å². The van der Waals surface area contributed by atoms with Crippen molar-refractivity contribution in [1.82, 2.24) is 14.8 Å². The number of nitrogens with two attached hydrogens (primary N) is 1. The van der Waals surface area contributed by atoms with Gasteiger partial charge in [0.2, 0.25) is 0 Å². The molecular weight excluding hydrogens is 200 g/mol. The van der Waals surface area contributed by atoms with Gasteiger partial charge in [0.1, 0.15) is 0 Å². The van der Waals surface area contributed by atoms with Crippen molar-refractivity contribution in [2.75, 3.05) is 6.54 Å². The normalized spacial score (nSPS) is 10.6. The van der Waals surface area contributed by atoms with E-state index in [0.717, 1.165) is 24.2 Å². The summed E-state index contributed by atoms with van der Waals surface area (Å²) in [4.78, 5) is 4.10. The fraction of sp³-hybridized carbons (Fsp3) is 0.333. The number of rotatable bonds is 4. The van der Waals surface area contributed by atoms with Crippen LogP contribution in [0, 0.1) is 0 Å². The molecule has 0 aliphatic rings. The van der Waals surface area contributed by atoms with Gasteiger partial charge in [-0.15, -0.1) is 0 Å². The Labute approximate surface area is 95.1 Å². The molecule has 4 nitrogen and oxygen atoms in total. The second-order valence-electron chi connectivity index (χ2n) is 3.62. The van der Waals surface area contributed by atoms with Crippen LogP contribution in [0.15, 0.2) is 30.6 Å². The number of nitrogens with zero attached hydrogens (tertiary/aromatic N) is 3. The Balaban J connectivity index is 2.36. The van der Waals surface area contributed by atoms with E-state index >= 15 is 0 Å². The van der Waals surface area contributed by atoms with Crippen LogP contribution in [0.2, 0.25) is 0 Å². The molecule has 0 spiro atoms. The first-order valence-corrected chi connectivity index (χ1v) is 5.52. The molecule has 0 aliphatic carbocycles. The van der Waals surface area contributed by atoms with Gasteiger partial charge in [0.25, 0.3) is 0 Å². The van der Waals surface area contributed by atoms with Gasteiger partial charge in [-0.05, 0) is 31.7 Å². The Hall–Kier alpha value is -1.68. The Morgan fingerprint density at radius 1 is 1.44 bits per heavy atom. The molecule has 0 bridgehead atoms. The Kier molecular flexibility index (Phi) is 3.31. The molecule has 2 aromatic rings. The van der Waals surface area contributed by atoms with E-state index in [1.807, 2.05) is 23.0 Å². The smallest absolute Gasteiger partial charge is 0.0941 e. The molecule has 4 heteroatoms. The van der Waals surface area contributed by atoms with Crippen molar-refractivity contribution < 1.29 is 0 Å². The third kappa shape index (κ3) is 2.12. The number of aromatic nitrogens is 3. The minimum absolute atomic E-state index is 0.651. The van der Waals surface area contributed by atoms with Crippen molar-refractivity contribution in [2.45, 2.75) is 19.9 Å². The van der Waals surface area contributed by atoms with E-state index in [9.17, 15) is 0 Å². The molecule has 2 heterocycles. The van der Waals surface area contributed by atoms with Crippen molar-refractivity contribution >= 4 is 0 Å². The minimum Gasteiger partial charge on any atom is -0.330 e. The highest BCUT2D eigenvalue weighted by Gasteiger charge is 2.07. The lowest BCUT2D eigenvalue weighted by Gasteiger charge is -2.01. The molecular formula is C12H16N4. The lowest BCUT2D eigenvalue weighted by atomic mass is 10.2. The third-order valence-corrected chi connectivity index (χ3v) is 2.52. The van der Waals surface area contributed by atoms with E-state index in [1.165, 1.54) is 5.69 Å². The van der Waals surface area contributed by atoms with Crippen LogP contribution in [0.25, 0.3) is 11.3 Å². The van der Waals surface area contributed by atoms with Crippen LogP contribution in [-0.2, 0) is 13.0 Å². The third-order valence-electron chi connectivity index (χ3n) is 2.52. The van der Waals surface area contributed by atoms with Gasteiger partial charge in [0.15, 0.2) is 0 Å². The van der Waals surface area contributed by atoms with Crippen molar-refractivity contribution in [1.29, 1.82) is 0 Å². The highest BCUT2D eigenvalue weighted by atomic mass is 15.3. The van der Waals surface area contributed by atoms with E-state index in [2.05, 4.69) is 23.1 Å². The number of hydrogen-bond donors (Lipinski definition) is 1. The van der Waals surface area contributed by atoms with Crippen molar-refractivity contribution in [3.63, 3.8) is 0 Å². The number of pyridine rings is 1. The van der Waals surface area contributed by atoms with Gasteiger partial charge in [-0.2, -0.15) is 5.10 Å². The maximum absolute atomic E-state index is 5.58. The Bertz CT molecular complexity index is 447. The molecule has 0 saturated heterocycles. The first-order chi connectivity index (χ1) is 7.85. The van der Waals surface area contributed by atoms with E-state index in [-0.39, 0.29) is 0 Å². The van der Waals surface area contributed by atoms with Crippen LogP contribution in [0.1, 0.15) is 12.6 Å². The average Bonchev–Trinajstić information content (AvgIpc) is 2.74. The molecule has 0 atom stereocenters. The highest BCUT2D eigenvalue weighted by molar-refractivity contribution is 5.57. The maximum atomic E-state index is 5.58. The largest absolute Gasteiger partial charge is 0.330 e. The van der Waals surface area contributed by atoms with Gasteiger partial charge in [-0.3, -0.25) is 9.67 Å². The summed E-state index contributed by atoms with van der Waals surface area (Å²) in [5, 5.41) is 4.54. The summed E-state index contributed by atoms with van der Waals surface area (Å²) in [5.74, 6) is 0. The molecule has 0 aliphatic heterocycles. The summed E-state index contributed by atoms with van der Waals surface area (Å²) in [5.41, 5.74) is 8.78. The molecule has 0 radical (unpaired) electrons. The summed E-state index contributed by atoms with van der Waals surface area (Å²) >= 11 is 0. The summed E-state index contributed by atoms with van der Waals surface area (Å²) in [7, 11) is 0. The lowest BCUT2D eigenvalue weighted by molar-refractivity contribution is 0.622. The molecule has 84 valence electrons. The second-order valence-corrected chi connectivity index (χ2v) is 3.62. The molecule has 16 heavy (non-hydrogen) atoms. The fourth-order valence-corrected chi connectivity index (χ4v) is 1.73. The average molecular weight is 216 g/mol. The van der Waals surface area contributed by atoms with Crippen molar-refractivity contribution in [2.24, 2.45) is 5.73 Å². The summed E-state index contributed by atoms with van der Waals surface area (Å²) in [6, 6.07) is 6.03. The van der Waals surface area contributed by atoms with Gasteiger partial charge in [0, 0.05) is 36.6 Å². The molecule has 0 saturated carbocycles. The number of aryl methyl sites for hydroxylation is 1. The monoisotopic (exact) mass is 216 g/mol. The molecule has 2 aromatic heterocycles. The Morgan fingerprint density at radius 2 is 2.31 bits per heavy atom. The van der Waals surface area contributed by atoms with Crippen LogP contribution in [0.3, 0.4) is 0 Å². The summed E-state index contributed by atoms with van der Waals surface area (Å²) in [6.07, 6.45) is 4.46. The van der Waals surface area contributed by atoms with E-state index < -0.39 is 0 Å². The van der Waals surface area contributed by atoms with Gasteiger partial charge >= 0.3 is 0 Å². The molecule has 0 unspecified atom stereocenters. The first kappa shape index (κ1) is 10.8. The zero-order chi connectivity index (χ0) is 11.4.